The van der Waals surface area contributed by atoms with Gasteiger partial charge in [0.1, 0.15) is 0 Å². The molecule has 4 rings (SSSR count). The van der Waals surface area contributed by atoms with Crippen LogP contribution in [-0.2, 0) is 6.54 Å². The predicted molar refractivity (Wildman–Crippen MR) is 106 cm³/mol. The van der Waals surface area contributed by atoms with E-state index in [9.17, 15) is 9.59 Å². The van der Waals surface area contributed by atoms with Gasteiger partial charge in [0, 0.05) is 18.2 Å². The summed E-state index contributed by atoms with van der Waals surface area (Å²) in [6, 6.07) is 14.5. The molecule has 0 spiro atoms. The molecular weight excluding hydrogens is 340 g/mol. The first kappa shape index (κ1) is 17.5. The Morgan fingerprint density at radius 3 is 2.37 bits per heavy atom. The quantitative estimate of drug-likeness (QED) is 0.559. The smallest absolute Gasteiger partial charge is 0.323 e. The van der Waals surface area contributed by atoms with Crippen molar-refractivity contribution in [3.63, 3.8) is 0 Å². The van der Waals surface area contributed by atoms with Gasteiger partial charge < -0.3 is 21.0 Å². The number of nitrogens with one attached hydrogen (secondary N) is 3. The van der Waals surface area contributed by atoms with Crippen molar-refractivity contribution in [1.29, 1.82) is 0 Å². The Balaban J connectivity index is 1.46. The number of amides is 1. The van der Waals surface area contributed by atoms with Crippen molar-refractivity contribution >= 4 is 16.9 Å². The van der Waals surface area contributed by atoms with Crippen molar-refractivity contribution in [2.75, 3.05) is 0 Å². The molecule has 1 fully saturated rings. The molecule has 1 saturated carbocycles. The van der Waals surface area contributed by atoms with E-state index >= 15 is 0 Å². The third-order valence-electron chi connectivity index (χ3n) is 5.56. The molecule has 1 aliphatic carbocycles. The Morgan fingerprint density at radius 2 is 1.70 bits per heavy atom. The van der Waals surface area contributed by atoms with Gasteiger partial charge in [-0.1, -0.05) is 30.3 Å². The number of aromatic amines is 2. The van der Waals surface area contributed by atoms with E-state index in [4.69, 9.17) is 5.73 Å². The van der Waals surface area contributed by atoms with Crippen LogP contribution in [-0.4, -0.2) is 21.9 Å². The molecular formula is C21H24N4O2. The summed E-state index contributed by atoms with van der Waals surface area (Å²) in [4.78, 5) is 29.0. The number of fused-ring (bicyclic) bond motifs is 1. The van der Waals surface area contributed by atoms with Crippen LogP contribution in [0.2, 0.25) is 0 Å². The summed E-state index contributed by atoms with van der Waals surface area (Å²) in [7, 11) is 0. The van der Waals surface area contributed by atoms with Gasteiger partial charge in [-0.3, -0.25) is 4.79 Å². The lowest BCUT2D eigenvalue weighted by Crippen LogP contribution is -2.32. The van der Waals surface area contributed by atoms with Crippen molar-refractivity contribution in [2.45, 2.75) is 44.2 Å². The largest absolute Gasteiger partial charge is 0.366 e. The number of H-pyrrole nitrogens is 2. The molecule has 0 unspecified atom stereocenters. The van der Waals surface area contributed by atoms with E-state index in [1.54, 1.807) is 6.07 Å². The highest BCUT2D eigenvalue weighted by atomic mass is 16.1. The molecule has 1 aromatic heterocycles. The molecule has 0 aliphatic heterocycles. The zero-order valence-electron chi connectivity index (χ0n) is 15.1. The van der Waals surface area contributed by atoms with E-state index in [0.29, 0.717) is 17.1 Å². The van der Waals surface area contributed by atoms with Crippen molar-refractivity contribution in [2.24, 2.45) is 5.73 Å². The van der Waals surface area contributed by atoms with Crippen LogP contribution in [0.15, 0.2) is 47.3 Å². The minimum Gasteiger partial charge on any atom is -0.366 e. The second-order valence-corrected chi connectivity index (χ2v) is 7.34. The summed E-state index contributed by atoms with van der Waals surface area (Å²) in [5, 5.41) is 3.64. The molecule has 0 radical (unpaired) electrons. The molecule has 0 bridgehead atoms. The fourth-order valence-corrected chi connectivity index (χ4v) is 4.12. The Morgan fingerprint density at radius 1 is 1.04 bits per heavy atom. The van der Waals surface area contributed by atoms with Gasteiger partial charge in [0.25, 0.3) is 0 Å². The number of primary amides is 1. The number of aromatic nitrogens is 2. The molecule has 5 N–H and O–H groups in total. The highest BCUT2D eigenvalue weighted by Gasteiger charge is 2.25. The number of rotatable bonds is 5. The highest BCUT2D eigenvalue weighted by molar-refractivity contribution is 5.98. The fourth-order valence-electron chi connectivity index (χ4n) is 4.12. The Hall–Kier alpha value is -2.86. The monoisotopic (exact) mass is 364 g/mol. The average molecular weight is 364 g/mol. The summed E-state index contributed by atoms with van der Waals surface area (Å²) in [6.07, 6.45) is 4.09. The number of nitrogens with two attached hydrogens (primary N) is 1. The topological polar surface area (TPSA) is 104 Å². The van der Waals surface area contributed by atoms with Gasteiger partial charge in [0.15, 0.2) is 0 Å². The predicted octanol–water partition coefficient (Wildman–Crippen LogP) is 2.77. The van der Waals surface area contributed by atoms with Crippen molar-refractivity contribution in [3.05, 3.63) is 69.6 Å². The Labute approximate surface area is 157 Å². The lowest BCUT2D eigenvalue weighted by atomic mass is 9.79. The molecule has 3 aromatic rings. The number of imidazole rings is 1. The zero-order valence-corrected chi connectivity index (χ0v) is 15.1. The van der Waals surface area contributed by atoms with E-state index in [2.05, 4.69) is 39.6 Å². The molecule has 1 aliphatic rings. The average Bonchev–Trinajstić information content (AvgIpc) is 3.05. The van der Waals surface area contributed by atoms with Gasteiger partial charge in [-0.25, -0.2) is 4.79 Å². The van der Waals surface area contributed by atoms with Crippen LogP contribution < -0.4 is 16.7 Å². The summed E-state index contributed by atoms with van der Waals surface area (Å²) in [5.41, 5.74) is 9.43. The highest BCUT2D eigenvalue weighted by Crippen LogP contribution is 2.36. The third-order valence-corrected chi connectivity index (χ3v) is 5.56. The van der Waals surface area contributed by atoms with Crippen molar-refractivity contribution < 1.29 is 4.79 Å². The summed E-state index contributed by atoms with van der Waals surface area (Å²) < 4.78 is 0. The minimum atomic E-state index is -0.446. The maximum atomic E-state index is 11.9. The minimum absolute atomic E-state index is 0.272. The second kappa shape index (κ2) is 7.40. The van der Waals surface area contributed by atoms with Crippen molar-refractivity contribution in [3.8, 4) is 0 Å². The van der Waals surface area contributed by atoms with E-state index in [1.807, 2.05) is 12.1 Å². The normalized spacial score (nSPS) is 20.0. The van der Waals surface area contributed by atoms with E-state index in [0.717, 1.165) is 43.3 Å². The van der Waals surface area contributed by atoms with Gasteiger partial charge >= 0.3 is 5.69 Å². The third kappa shape index (κ3) is 3.80. The number of benzene rings is 2. The Bertz CT molecular complexity index is 998. The molecule has 1 heterocycles. The molecule has 27 heavy (non-hydrogen) atoms. The first-order valence-corrected chi connectivity index (χ1v) is 9.43. The van der Waals surface area contributed by atoms with Crippen LogP contribution in [0.1, 0.15) is 53.1 Å². The molecule has 1 amide bonds. The molecule has 0 saturated heterocycles. The maximum absolute atomic E-state index is 11.9. The summed E-state index contributed by atoms with van der Waals surface area (Å²) in [5.74, 6) is -0.164. The van der Waals surface area contributed by atoms with Crippen LogP contribution in [0.5, 0.6) is 0 Å². The van der Waals surface area contributed by atoms with Crippen LogP contribution >= 0.6 is 0 Å². The van der Waals surface area contributed by atoms with Crippen molar-refractivity contribution in [1.82, 2.24) is 15.3 Å². The molecule has 6 heteroatoms. The van der Waals surface area contributed by atoms with Gasteiger partial charge in [-0.2, -0.15) is 0 Å². The van der Waals surface area contributed by atoms with Gasteiger partial charge in [-0.15, -0.1) is 0 Å². The molecule has 2 aromatic carbocycles. The van der Waals surface area contributed by atoms with Gasteiger partial charge in [-0.05, 0) is 54.9 Å². The van der Waals surface area contributed by atoms with E-state index < -0.39 is 5.91 Å². The van der Waals surface area contributed by atoms with E-state index in [1.165, 1.54) is 5.56 Å². The summed E-state index contributed by atoms with van der Waals surface area (Å²) in [6.45, 7) is 0.874. The number of hydrogen-bond acceptors (Lipinski definition) is 3. The zero-order chi connectivity index (χ0) is 18.8. The van der Waals surface area contributed by atoms with E-state index in [-0.39, 0.29) is 11.6 Å². The van der Waals surface area contributed by atoms with Gasteiger partial charge in [0.05, 0.1) is 11.0 Å². The number of hydrogen-bond donors (Lipinski definition) is 4. The molecule has 0 atom stereocenters. The Kier molecular flexibility index (Phi) is 4.81. The molecule has 6 nitrogen and oxygen atoms in total. The maximum Gasteiger partial charge on any atom is 0.323 e. The standard InChI is InChI=1S/C21H24N4O2/c22-20(26)17-11-19-18(24-21(27)25-19)10-16(17)14-6-8-15(9-7-14)23-12-13-4-2-1-3-5-13/h1-5,10-11,14-15,23H,6-9,12H2,(H2,22,26)(H2,24,25,27). The van der Waals surface area contributed by atoms with Crippen LogP contribution in [0, 0.1) is 0 Å². The first-order chi connectivity index (χ1) is 13.1. The fraction of sp³-hybridized carbons (Fsp3) is 0.333. The second-order valence-electron chi connectivity index (χ2n) is 7.34. The van der Waals surface area contributed by atoms with Crippen LogP contribution in [0.4, 0.5) is 0 Å². The van der Waals surface area contributed by atoms with Gasteiger partial charge in [0.2, 0.25) is 5.91 Å². The SMILES string of the molecule is NC(=O)c1cc2[nH]c(=O)[nH]c2cc1C1CCC(NCc2ccccc2)CC1. The number of carbonyl (C=O) groups excluding carboxylic acids is 1. The van der Waals surface area contributed by atoms with Crippen LogP contribution in [0.25, 0.3) is 11.0 Å². The number of carbonyl (C=O) groups is 1. The lowest BCUT2D eigenvalue weighted by Gasteiger charge is -2.30. The van der Waals surface area contributed by atoms with Crippen LogP contribution in [0.3, 0.4) is 0 Å². The summed E-state index contributed by atoms with van der Waals surface area (Å²) >= 11 is 0. The first-order valence-electron chi connectivity index (χ1n) is 9.43. The molecule has 140 valence electrons. The lowest BCUT2D eigenvalue weighted by molar-refractivity contribution is 0.0998.